The molecule has 0 fully saturated rings. The number of phenolic OH excluding ortho intramolecular Hbond substituents is 1. The standard InChI is InChI=1S/C15H16FNO2/c1-10-5-12(16)8-13(6-10)17-9-11-3-4-15(19-2)14(18)7-11/h3-8,17-18H,9H2,1-2H3. The van der Waals surface area contributed by atoms with E-state index in [1.54, 1.807) is 12.1 Å². The molecule has 0 spiro atoms. The average Bonchev–Trinajstić information content (AvgIpc) is 2.35. The van der Waals surface area contributed by atoms with Crippen LogP contribution in [0.1, 0.15) is 11.1 Å². The first-order chi connectivity index (χ1) is 9.08. The lowest BCUT2D eigenvalue weighted by atomic mass is 10.1. The molecule has 19 heavy (non-hydrogen) atoms. The largest absolute Gasteiger partial charge is 0.504 e. The topological polar surface area (TPSA) is 41.5 Å². The highest BCUT2D eigenvalue weighted by Crippen LogP contribution is 2.26. The number of hydrogen-bond acceptors (Lipinski definition) is 3. The van der Waals surface area contributed by atoms with E-state index in [0.717, 1.165) is 11.1 Å². The minimum atomic E-state index is -0.264. The third-order valence-corrected chi connectivity index (χ3v) is 2.78. The third kappa shape index (κ3) is 3.37. The summed E-state index contributed by atoms with van der Waals surface area (Å²) in [6.07, 6.45) is 0. The van der Waals surface area contributed by atoms with Crippen LogP contribution in [0, 0.1) is 12.7 Å². The van der Waals surface area contributed by atoms with Gasteiger partial charge in [-0.15, -0.1) is 0 Å². The summed E-state index contributed by atoms with van der Waals surface area (Å²) in [7, 11) is 1.50. The maximum Gasteiger partial charge on any atom is 0.160 e. The number of hydrogen-bond donors (Lipinski definition) is 2. The second-order valence-corrected chi connectivity index (χ2v) is 4.38. The number of phenols is 1. The van der Waals surface area contributed by atoms with Crippen LogP contribution in [0.5, 0.6) is 11.5 Å². The number of rotatable bonds is 4. The van der Waals surface area contributed by atoms with E-state index in [4.69, 9.17) is 4.74 Å². The van der Waals surface area contributed by atoms with Gasteiger partial charge in [-0.3, -0.25) is 0 Å². The Hall–Kier alpha value is -2.23. The third-order valence-electron chi connectivity index (χ3n) is 2.78. The molecule has 0 radical (unpaired) electrons. The van der Waals surface area contributed by atoms with Crippen LogP contribution in [0.15, 0.2) is 36.4 Å². The quantitative estimate of drug-likeness (QED) is 0.885. The summed E-state index contributed by atoms with van der Waals surface area (Å²) >= 11 is 0. The molecule has 0 saturated heterocycles. The van der Waals surface area contributed by atoms with Crippen LogP contribution in [0.3, 0.4) is 0 Å². The lowest BCUT2D eigenvalue weighted by molar-refractivity contribution is 0.373. The van der Waals surface area contributed by atoms with Crippen molar-refractivity contribution in [3.63, 3.8) is 0 Å². The van der Waals surface area contributed by atoms with Gasteiger partial charge in [-0.05, 0) is 48.4 Å². The van der Waals surface area contributed by atoms with Crippen molar-refractivity contribution in [2.75, 3.05) is 12.4 Å². The number of aromatic hydroxyl groups is 1. The Kier molecular flexibility index (Phi) is 3.90. The molecule has 0 bridgehead atoms. The van der Waals surface area contributed by atoms with Gasteiger partial charge in [-0.25, -0.2) is 4.39 Å². The van der Waals surface area contributed by atoms with Gasteiger partial charge in [0.05, 0.1) is 7.11 Å². The predicted octanol–water partition coefficient (Wildman–Crippen LogP) is 3.46. The van der Waals surface area contributed by atoms with Gasteiger partial charge in [0.2, 0.25) is 0 Å². The molecule has 100 valence electrons. The van der Waals surface area contributed by atoms with E-state index in [-0.39, 0.29) is 11.6 Å². The highest BCUT2D eigenvalue weighted by atomic mass is 19.1. The molecule has 0 unspecified atom stereocenters. The number of benzene rings is 2. The predicted molar refractivity (Wildman–Crippen MR) is 73.1 cm³/mol. The van der Waals surface area contributed by atoms with E-state index < -0.39 is 0 Å². The summed E-state index contributed by atoms with van der Waals surface area (Å²) in [5.41, 5.74) is 2.47. The highest BCUT2D eigenvalue weighted by Gasteiger charge is 2.03. The minimum absolute atomic E-state index is 0.0947. The summed E-state index contributed by atoms with van der Waals surface area (Å²) < 4.78 is 18.2. The molecular weight excluding hydrogens is 245 g/mol. The van der Waals surface area contributed by atoms with E-state index in [2.05, 4.69) is 5.32 Å². The Morgan fingerprint density at radius 1 is 1.21 bits per heavy atom. The lowest BCUT2D eigenvalue weighted by Gasteiger charge is -2.09. The van der Waals surface area contributed by atoms with Crippen LogP contribution >= 0.6 is 0 Å². The molecular formula is C15H16FNO2. The molecule has 2 aromatic carbocycles. The number of nitrogens with one attached hydrogen (secondary N) is 1. The number of ether oxygens (including phenoxy) is 1. The molecule has 0 aliphatic heterocycles. The molecule has 3 nitrogen and oxygen atoms in total. The first kappa shape index (κ1) is 13.2. The van der Waals surface area contributed by atoms with Crippen molar-refractivity contribution in [3.05, 3.63) is 53.3 Å². The van der Waals surface area contributed by atoms with Gasteiger partial charge in [0, 0.05) is 12.2 Å². The fraction of sp³-hybridized carbons (Fsp3) is 0.200. The van der Waals surface area contributed by atoms with Crippen LogP contribution in [-0.4, -0.2) is 12.2 Å². The summed E-state index contributed by atoms with van der Waals surface area (Å²) in [5, 5.41) is 12.8. The molecule has 0 aliphatic rings. The molecule has 4 heteroatoms. The van der Waals surface area contributed by atoms with Gasteiger partial charge in [-0.1, -0.05) is 6.07 Å². The highest BCUT2D eigenvalue weighted by molar-refractivity contribution is 5.48. The van der Waals surface area contributed by atoms with E-state index in [1.165, 1.54) is 19.2 Å². The summed E-state index contributed by atoms with van der Waals surface area (Å²) in [4.78, 5) is 0. The molecule has 0 aromatic heterocycles. The number of anilines is 1. The minimum Gasteiger partial charge on any atom is -0.504 e. The molecule has 0 atom stereocenters. The average molecular weight is 261 g/mol. The monoisotopic (exact) mass is 261 g/mol. The van der Waals surface area contributed by atoms with Crippen LogP contribution in [-0.2, 0) is 6.54 Å². The van der Waals surface area contributed by atoms with Crippen molar-refractivity contribution < 1.29 is 14.2 Å². The van der Waals surface area contributed by atoms with Gasteiger partial charge in [0.25, 0.3) is 0 Å². The lowest BCUT2D eigenvalue weighted by Crippen LogP contribution is -2.00. The molecule has 2 rings (SSSR count). The van der Waals surface area contributed by atoms with Crippen LogP contribution < -0.4 is 10.1 Å². The smallest absolute Gasteiger partial charge is 0.160 e. The van der Waals surface area contributed by atoms with Gasteiger partial charge >= 0.3 is 0 Å². The number of aryl methyl sites for hydroxylation is 1. The normalized spacial score (nSPS) is 10.3. The first-order valence-electron chi connectivity index (χ1n) is 5.95. The van der Waals surface area contributed by atoms with Gasteiger partial charge in [0.1, 0.15) is 5.82 Å². The molecule has 0 heterocycles. The Morgan fingerprint density at radius 3 is 2.63 bits per heavy atom. The van der Waals surface area contributed by atoms with Gasteiger partial charge < -0.3 is 15.2 Å². The molecule has 2 N–H and O–H groups in total. The molecule has 2 aromatic rings. The first-order valence-corrected chi connectivity index (χ1v) is 5.95. The zero-order valence-electron chi connectivity index (χ0n) is 10.9. The van der Waals surface area contributed by atoms with E-state index in [1.807, 2.05) is 19.1 Å². The van der Waals surface area contributed by atoms with Crippen molar-refractivity contribution in [1.29, 1.82) is 0 Å². The number of halogens is 1. The fourth-order valence-corrected chi connectivity index (χ4v) is 1.89. The van der Waals surface area contributed by atoms with Gasteiger partial charge in [0.15, 0.2) is 11.5 Å². The van der Waals surface area contributed by atoms with Gasteiger partial charge in [-0.2, -0.15) is 0 Å². The second kappa shape index (κ2) is 5.61. The Morgan fingerprint density at radius 2 is 2.00 bits per heavy atom. The summed E-state index contributed by atoms with van der Waals surface area (Å²) in [6, 6.07) is 9.95. The summed E-state index contributed by atoms with van der Waals surface area (Å²) in [6.45, 7) is 2.34. The maximum absolute atomic E-state index is 13.2. The zero-order valence-corrected chi connectivity index (χ0v) is 10.9. The van der Waals surface area contributed by atoms with Crippen LogP contribution in [0.25, 0.3) is 0 Å². The molecule has 0 saturated carbocycles. The van der Waals surface area contributed by atoms with Crippen molar-refractivity contribution in [3.8, 4) is 11.5 Å². The molecule has 0 aliphatic carbocycles. The second-order valence-electron chi connectivity index (χ2n) is 4.38. The molecule has 0 amide bonds. The van der Waals surface area contributed by atoms with E-state index >= 15 is 0 Å². The van der Waals surface area contributed by atoms with Crippen LogP contribution in [0.4, 0.5) is 10.1 Å². The van der Waals surface area contributed by atoms with Crippen molar-refractivity contribution in [2.24, 2.45) is 0 Å². The van der Waals surface area contributed by atoms with E-state index in [9.17, 15) is 9.50 Å². The Bertz CT molecular complexity index is 564. The summed E-state index contributed by atoms with van der Waals surface area (Å²) in [5.74, 6) is 0.266. The number of methoxy groups -OCH3 is 1. The maximum atomic E-state index is 13.2. The van der Waals surface area contributed by atoms with Crippen molar-refractivity contribution in [2.45, 2.75) is 13.5 Å². The van der Waals surface area contributed by atoms with E-state index in [0.29, 0.717) is 18.0 Å². The Labute approximate surface area is 111 Å². The van der Waals surface area contributed by atoms with Crippen molar-refractivity contribution >= 4 is 5.69 Å². The SMILES string of the molecule is COc1ccc(CNc2cc(C)cc(F)c2)cc1O. The fourth-order valence-electron chi connectivity index (χ4n) is 1.89. The zero-order chi connectivity index (χ0) is 13.8. The van der Waals surface area contributed by atoms with Crippen LogP contribution in [0.2, 0.25) is 0 Å². The van der Waals surface area contributed by atoms with Crippen molar-refractivity contribution in [1.82, 2.24) is 0 Å². The Balaban J connectivity index is 2.08.